The number of hydrogen-bond acceptors (Lipinski definition) is 4. The predicted molar refractivity (Wildman–Crippen MR) is 95.6 cm³/mol. The zero-order valence-corrected chi connectivity index (χ0v) is 16.7. The van der Waals surface area contributed by atoms with Gasteiger partial charge in [-0.05, 0) is 46.0 Å². The van der Waals surface area contributed by atoms with Crippen molar-refractivity contribution in [3.63, 3.8) is 0 Å². The second-order valence-corrected chi connectivity index (χ2v) is 9.62. The lowest BCUT2D eigenvalue weighted by Gasteiger charge is -2.19. The summed E-state index contributed by atoms with van der Waals surface area (Å²) in [6.45, 7) is 6.62. The highest BCUT2D eigenvalue weighted by Crippen LogP contribution is 2.27. The van der Waals surface area contributed by atoms with Crippen LogP contribution in [0.1, 0.15) is 52.9 Å². The van der Waals surface area contributed by atoms with Gasteiger partial charge in [-0.1, -0.05) is 41.2 Å². The molecule has 5 nitrogen and oxygen atoms in total. The molecule has 0 aromatic heterocycles. The second kappa shape index (κ2) is 9.35. The molecule has 1 fully saturated rings. The Bertz CT molecular complexity index is 432. The molecule has 0 aromatic rings. The second-order valence-electron chi connectivity index (χ2n) is 7.10. The van der Waals surface area contributed by atoms with E-state index in [1.807, 2.05) is 20.8 Å². The van der Waals surface area contributed by atoms with Crippen molar-refractivity contribution in [1.82, 2.24) is 4.90 Å². The molecule has 0 saturated carbocycles. The lowest BCUT2D eigenvalue weighted by atomic mass is 10.0. The highest BCUT2D eigenvalue weighted by molar-refractivity contribution is 6.67. The van der Waals surface area contributed by atoms with Crippen LogP contribution in [0, 0.1) is 5.92 Å². The van der Waals surface area contributed by atoms with Gasteiger partial charge in [0.05, 0.1) is 0 Å². The van der Waals surface area contributed by atoms with Crippen molar-refractivity contribution >= 4 is 46.9 Å². The molecule has 8 heteroatoms. The van der Waals surface area contributed by atoms with E-state index in [4.69, 9.17) is 44.3 Å². The third-order valence-corrected chi connectivity index (χ3v) is 3.89. The maximum atomic E-state index is 11.9. The van der Waals surface area contributed by atoms with Crippen LogP contribution in [0.4, 0.5) is 4.79 Å². The number of unbranched alkanes of at least 4 members (excludes halogenated alkanes) is 1. The third kappa shape index (κ3) is 9.80. The zero-order chi connectivity index (χ0) is 18.4. The number of carbonyl (C=O) groups is 2. The summed E-state index contributed by atoms with van der Waals surface area (Å²) in [6, 6.07) is 0. The number of likely N-dealkylation sites (tertiary alicyclic amines) is 1. The summed E-state index contributed by atoms with van der Waals surface area (Å²) in [5.41, 5.74) is -0.434. The van der Waals surface area contributed by atoms with Gasteiger partial charge in [0.2, 0.25) is 3.79 Å². The fraction of sp³-hybridized carbons (Fsp3) is 0.875. The fourth-order valence-corrected chi connectivity index (χ4v) is 2.73. The largest absolute Gasteiger partial charge is 0.460 e. The highest BCUT2D eigenvalue weighted by atomic mass is 35.6. The summed E-state index contributed by atoms with van der Waals surface area (Å²) < 4.78 is 8.66. The van der Waals surface area contributed by atoms with E-state index in [9.17, 15) is 9.59 Å². The molecule has 0 unspecified atom stereocenters. The smallest absolute Gasteiger partial charge is 0.409 e. The van der Waals surface area contributed by atoms with E-state index in [2.05, 4.69) is 0 Å². The van der Waals surface area contributed by atoms with Crippen LogP contribution in [-0.2, 0) is 14.3 Å². The Morgan fingerprint density at radius 2 is 1.83 bits per heavy atom. The van der Waals surface area contributed by atoms with Gasteiger partial charge in [-0.3, -0.25) is 4.79 Å². The van der Waals surface area contributed by atoms with Gasteiger partial charge >= 0.3 is 12.1 Å². The number of esters is 1. The molecule has 0 radical (unpaired) electrons. The summed E-state index contributed by atoms with van der Waals surface area (Å²) >= 11 is 16.7. The van der Waals surface area contributed by atoms with Gasteiger partial charge in [0.15, 0.2) is 0 Å². The van der Waals surface area contributed by atoms with Gasteiger partial charge in [-0.2, -0.15) is 0 Å². The maximum Gasteiger partial charge on any atom is 0.409 e. The van der Waals surface area contributed by atoms with Crippen LogP contribution in [0.2, 0.25) is 0 Å². The van der Waals surface area contributed by atoms with E-state index in [0.717, 1.165) is 25.7 Å². The van der Waals surface area contributed by atoms with Gasteiger partial charge in [-0.25, -0.2) is 4.79 Å². The molecule has 140 valence electrons. The number of alkyl halides is 3. The Hall–Kier alpha value is -0.390. The number of amides is 1. The maximum absolute atomic E-state index is 11.9. The van der Waals surface area contributed by atoms with Crippen molar-refractivity contribution in [1.29, 1.82) is 0 Å². The van der Waals surface area contributed by atoms with E-state index in [1.165, 1.54) is 0 Å². The first-order valence-electron chi connectivity index (χ1n) is 8.16. The van der Waals surface area contributed by atoms with Crippen LogP contribution in [0.3, 0.4) is 0 Å². The fourth-order valence-electron chi connectivity index (χ4n) is 2.56. The first kappa shape index (κ1) is 21.7. The summed E-state index contributed by atoms with van der Waals surface area (Å²) in [5, 5.41) is 0. The quantitative estimate of drug-likeness (QED) is 0.366. The van der Waals surface area contributed by atoms with Crippen molar-refractivity contribution in [3.05, 3.63) is 0 Å². The molecule has 1 amide bonds. The normalized spacial score (nSPS) is 18.6. The number of ether oxygens (including phenoxy) is 2. The molecular weight excluding hydrogens is 377 g/mol. The van der Waals surface area contributed by atoms with Crippen LogP contribution < -0.4 is 0 Å². The average Bonchev–Trinajstić information content (AvgIpc) is 2.87. The minimum absolute atomic E-state index is 0.161. The molecule has 0 N–H and O–H groups in total. The Kier molecular flexibility index (Phi) is 8.43. The number of rotatable bonds is 6. The van der Waals surface area contributed by atoms with Crippen molar-refractivity contribution in [2.75, 3.05) is 19.7 Å². The van der Waals surface area contributed by atoms with Gasteiger partial charge in [0, 0.05) is 19.5 Å². The predicted octanol–water partition coefficient (Wildman–Crippen LogP) is 4.72. The minimum atomic E-state index is -1.59. The molecule has 0 bridgehead atoms. The molecule has 24 heavy (non-hydrogen) atoms. The molecule has 0 spiro atoms. The van der Waals surface area contributed by atoms with Crippen molar-refractivity contribution in [2.24, 2.45) is 5.92 Å². The van der Waals surface area contributed by atoms with E-state index in [0.29, 0.717) is 25.4 Å². The molecule has 1 saturated heterocycles. The summed E-state index contributed by atoms with van der Waals surface area (Å²) in [6.07, 6.45) is 3.60. The van der Waals surface area contributed by atoms with Crippen LogP contribution in [-0.4, -0.2) is 46.1 Å². The molecule has 1 atom stereocenters. The molecule has 0 aliphatic carbocycles. The SMILES string of the molecule is CC(C)(C)OC(=O)CCCC[C@H]1CCN(C(=O)OCC(Cl)(Cl)Cl)C1. The Balaban J connectivity index is 2.16. The number of hydrogen-bond donors (Lipinski definition) is 0. The van der Waals surface area contributed by atoms with E-state index >= 15 is 0 Å². The van der Waals surface area contributed by atoms with E-state index in [1.54, 1.807) is 4.90 Å². The number of carbonyl (C=O) groups excluding carboxylic acids is 2. The van der Waals surface area contributed by atoms with Gasteiger partial charge in [-0.15, -0.1) is 0 Å². The van der Waals surface area contributed by atoms with Crippen LogP contribution in [0.15, 0.2) is 0 Å². The molecule has 1 heterocycles. The highest BCUT2D eigenvalue weighted by Gasteiger charge is 2.29. The lowest BCUT2D eigenvalue weighted by Crippen LogP contribution is -2.31. The van der Waals surface area contributed by atoms with Crippen molar-refractivity contribution < 1.29 is 19.1 Å². The van der Waals surface area contributed by atoms with E-state index in [-0.39, 0.29) is 12.6 Å². The standard InChI is InChI=1S/C16H26Cl3NO4/c1-15(2,3)24-13(21)7-5-4-6-12-8-9-20(10-12)14(22)23-11-16(17,18)19/h12H,4-11H2,1-3H3/t12-/m0/s1. The first-order valence-corrected chi connectivity index (χ1v) is 9.30. The third-order valence-electron chi connectivity index (χ3n) is 3.57. The zero-order valence-electron chi connectivity index (χ0n) is 14.4. The van der Waals surface area contributed by atoms with Gasteiger partial charge < -0.3 is 14.4 Å². The van der Waals surface area contributed by atoms with Crippen molar-refractivity contribution in [2.45, 2.75) is 62.3 Å². The Morgan fingerprint density at radius 3 is 2.42 bits per heavy atom. The lowest BCUT2D eigenvalue weighted by molar-refractivity contribution is -0.154. The monoisotopic (exact) mass is 401 g/mol. The number of nitrogens with zero attached hydrogens (tertiary/aromatic N) is 1. The first-order chi connectivity index (χ1) is 11.0. The Labute approximate surface area is 158 Å². The average molecular weight is 403 g/mol. The number of halogens is 3. The molecule has 1 aliphatic heterocycles. The molecule has 1 aliphatic rings. The van der Waals surface area contributed by atoms with Crippen LogP contribution >= 0.6 is 34.8 Å². The molecule has 0 aromatic carbocycles. The summed E-state index contributed by atoms with van der Waals surface area (Å²) in [7, 11) is 0. The van der Waals surface area contributed by atoms with Crippen molar-refractivity contribution in [3.8, 4) is 0 Å². The van der Waals surface area contributed by atoms with Crippen LogP contribution in [0.25, 0.3) is 0 Å². The minimum Gasteiger partial charge on any atom is -0.460 e. The van der Waals surface area contributed by atoms with Gasteiger partial charge in [0.1, 0.15) is 12.2 Å². The topological polar surface area (TPSA) is 55.8 Å². The molecule has 1 rings (SSSR count). The summed E-state index contributed by atoms with van der Waals surface area (Å²) in [4.78, 5) is 25.1. The van der Waals surface area contributed by atoms with Gasteiger partial charge in [0.25, 0.3) is 0 Å². The molecular formula is C16H26Cl3NO4. The summed E-state index contributed by atoms with van der Waals surface area (Å²) in [5.74, 6) is 0.259. The Morgan fingerprint density at radius 1 is 1.17 bits per heavy atom. The van der Waals surface area contributed by atoms with Crippen LogP contribution in [0.5, 0.6) is 0 Å². The van der Waals surface area contributed by atoms with E-state index < -0.39 is 15.5 Å².